The van der Waals surface area contributed by atoms with Crippen LogP contribution in [0.4, 0.5) is 5.69 Å². The molecule has 1 aliphatic carbocycles. The first kappa shape index (κ1) is 14.6. The molecule has 1 aliphatic rings. The van der Waals surface area contributed by atoms with Crippen LogP contribution < -0.4 is 10.6 Å². The van der Waals surface area contributed by atoms with Crippen LogP contribution in [0.1, 0.15) is 49.4 Å². The third-order valence-corrected chi connectivity index (χ3v) is 3.68. The highest BCUT2D eigenvalue weighted by molar-refractivity contribution is 5.97. The molecular weight excluding hydrogens is 252 g/mol. The molecule has 0 aromatic heterocycles. The molecule has 1 aromatic rings. The minimum Gasteiger partial charge on any atom is -0.352 e. The van der Waals surface area contributed by atoms with E-state index in [1.807, 2.05) is 6.07 Å². The molecule has 2 N–H and O–H groups in total. The van der Waals surface area contributed by atoms with E-state index in [0.717, 1.165) is 32.1 Å². The highest BCUT2D eigenvalue weighted by Gasteiger charge is 2.25. The molecule has 0 spiro atoms. The van der Waals surface area contributed by atoms with Crippen LogP contribution in [-0.2, 0) is 4.79 Å². The molecule has 1 saturated carbocycles. The summed E-state index contributed by atoms with van der Waals surface area (Å²) in [6.45, 7) is 2.77. The van der Waals surface area contributed by atoms with Gasteiger partial charge in [-0.3, -0.25) is 9.59 Å². The van der Waals surface area contributed by atoms with Gasteiger partial charge in [-0.25, -0.2) is 0 Å². The summed E-state index contributed by atoms with van der Waals surface area (Å²) in [7, 11) is 0. The Morgan fingerprint density at radius 1 is 1.30 bits per heavy atom. The zero-order valence-corrected chi connectivity index (χ0v) is 11.9. The third kappa shape index (κ3) is 3.83. The van der Waals surface area contributed by atoms with Gasteiger partial charge in [-0.1, -0.05) is 25.8 Å². The molecule has 0 radical (unpaired) electrons. The highest BCUT2D eigenvalue weighted by atomic mass is 16.2. The second kappa shape index (κ2) is 7.08. The Labute approximate surface area is 119 Å². The minimum absolute atomic E-state index is 0.0693. The predicted octanol–water partition coefficient (Wildman–Crippen LogP) is 2.96. The first-order valence-corrected chi connectivity index (χ1v) is 7.40. The highest BCUT2D eigenvalue weighted by Crippen LogP contribution is 2.27. The summed E-state index contributed by atoms with van der Waals surface area (Å²) in [5, 5.41) is 5.76. The molecule has 0 saturated heterocycles. The van der Waals surface area contributed by atoms with Gasteiger partial charge in [-0.15, -0.1) is 0 Å². The lowest BCUT2D eigenvalue weighted by molar-refractivity contribution is -0.122. The maximum atomic E-state index is 11.9. The van der Waals surface area contributed by atoms with Crippen molar-refractivity contribution in [1.29, 1.82) is 0 Å². The van der Waals surface area contributed by atoms with Gasteiger partial charge in [0.2, 0.25) is 5.91 Å². The predicted molar refractivity (Wildman–Crippen MR) is 79.7 cm³/mol. The number of anilines is 1. The Bertz CT molecular complexity index is 481. The fraction of sp³-hybridized carbons (Fsp3) is 0.500. The summed E-state index contributed by atoms with van der Waals surface area (Å²) in [5.74, 6) is 0.134. The van der Waals surface area contributed by atoms with E-state index in [0.29, 0.717) is 17.8 Å². The van der Waals surface area contributed by atoms with Crippen LogP contribution in [0.15, 0.2) is 24.3 Å². The number of unbranched alkanes of at least 4 members (excludes halogenated alkanes) is 1. The normalized spacial score (nSPS) is 14.4. The SMILES string of the molecule is CCCCNC(=O)c1cccc(NC(=O)C2CCC2)c1. The van der Waals surface area contributed by atoms with E-state index in [-0.39, 0.29) is 17.7 Å². The lowest BCUT2D eigenvalue weighted by Gasteiger charge is -2.24. The van der Waals surface area contributed by atoms with Crippen LogP contribution in [0.5, 0.6) is 0 Å². The number of hydrogen-bond acceptors (Lipinski definition) is 2. The first-order chi connectivity index (χ1) is 9.70. The molecule has 4 nitrogen and oxygen atoms in total. The quantitative estimate of drug-likeness (QED) is 0.784. The fourth-order valence-electron chi connectivity index (χ4n) is 2.13. The van der Waals surface area contributed by atoms with Gasteiger partial charge in [0.05, 0.1) is 0 Å². The van der Waals surface area contributed by atoms with Gasteiger partial charge in [0.25, 0.3) is 5.91 Å². The molecule has 2 amide bonds. The van der Waals surface area contributed by atoms with E-state index in [4.69, 9.17) is 0 Å². The number of rotatable bonds is 6. The van der Waals surface area contributed by atoms with Crippen LogP contribution in [0.25, 0.3) is 0 Å². The van der Waals surface area contributed by atoms with Crippen LogP contribution in [0.2, 0.25) is 0 Å². The van der Waals surface area contributed by atoms with Crippen molar-refractivity contribution in [3.8, 4) is 0 Å². The van der Waals surface area contributed by atoms with E-state index in [1.54, 1.807) is 18.2 Å². The number of amides is 2. The monoisotopic (exact) mass is 274 g/mol. The maximum absolute atomic E-state index is 11.9. The fourth-order valence-corrected chi connectivity index (χ4v) is 2.13. The van der Waals surface area contributed by atoms with E-state index in [2.05, 4.69) is 17.6 Å². The molecule has 0 unspecified atom stereocenters. The maximum Gasteiger partial charge on any atom is 0.251 e. The van der Waals surface area contributed by atoms with E-state index < -0.39 is 0 Å². The van der Waals surface area contributed by atoms with Crippen molar-refractivity contribution in [2.75, 3.05) is 11.9 Å². The Kier molecular flexibility index (Phi) is 5.16. The number of carbonyl (C=O) groups excluding carboxylic acids is 2. The average Bonchev–Trinajstić information content (AvgIpc) is 2.37. The summed E-state index contributed by atoms with van der Waals surface area (Å²) in [6.07, 6.45) is 5.12. The molecule has 0 atom stereocenters. The number of nitrogens with one attached hydrogen (secondary N) is 2. The largest absolute Gasteiger partial charge is 0.352 e. The van der Waals surface area contributed by atoms with Crippen LogP contribution >= 0.6 is 0 Å². The molecule has 0 bridgehead atoms. The van der Waals surface area contributed by atoms with E-state index in [9.17, 15) is 9.59 Å². The standard InChI is InChI=1S/C16H22N2O2/c1-2-3-10-17-15(19)13-8-5-9-14(11-13)18-16(20)12-6-4-7-12/h5,8-9,11-12H,2-4,6-7,10H2,1H3,(H,17,19)(H,18,20). The molecule has 108 valence electrons. The van der Waals surface area contributed by atoms with Crippen molar-refractivity contribution < 1.29 is 9.59 Å². The van der Waals surface area contributed by atoms with Crippen molar-refractivity contribution in [2.45, 2.75) is 39.0 Å². The van der Waals surface area contributed by atoms with Gasteiger partial charge in [-0.05, 0) is 37.5 Å². The second-order valence-electron chi connectivity index (χ2n) is 5.31. The van der Waals surface area contributed by atoms with Gasteiger partial charge >= 0.3 is 0 Å². The van der Waals surface area contributed by atoms with Gasteiger partial charge < -0.3 is 10.6 Å². The van der Waals surface area contributed by atoms with E-state index in [1.165, 1.54) is 0 Å². The lowest BCUT2D eigenvalue weighted by Crippen LogP contribution is -2.28. The molecular formula is C16H22N2O2. The molecule has 0 heterocycles. The molecule has 1 aromatic carbocycles. The number of carbonyl (C=O) groups is 2. The number of benzene rings is 1. The molecule has 0 aliphatic heterocycles. The van der Waals surface area contributed by atoms with Gasteiger partial charge in [0.1, 0.15) is 0 Å². The summed E-state index contributed by atoms with van der Waals surface area (Å²) < 4.78 is 0. The van der Waals surface area contributed by atoms with Crippen molar-refractivity contribution in [3.63, 3.8) is 0 Å². The van der Waals surface area contributed by atoms with Gasteiger partial charge in [-0.2, -0.15) is 0 Å². The zero-order valence-electron chi connectivity index (χ0n) is 11.9. The molecule has 4 heteroatoms. The smallest absolute Gasteiger partial charge is 0.251 e. The molecule has 2 rings (SSSR count). The average molecular weight is 274 g/mol. The Hall–Kier alpha value is -1.84. The van der Waals surface area contributed by atoms with Gasteiger partial charge in [0.15, 0.2) is 0 Å². The Morgan fingerprint density at radius 3 is 2.75 bits per heavy atom. The zero-order chi connectivity index (χ0) is 14.4. The van der Waals surface area contributed by atoms with Crippen LogP contribution in [-0.4, -0.2) is 18.4 Å². The minimum atomic E-state index is -0.0850. The van der Waals surface area contributed by atoms with Crippen molar-refractivity contribution >= 4 is 17.5 Å². The lowest BCUT2D eigenvalue weighted by atomic mass is 9.85. The summed E-state index contributed by atoms with van der Waals surface area (Å²) in [6, 6.07) is 7.11. The van der Waals surface area contributed by atoms with Crippen molar-refractivity contribution in [2.24, 2.45) is 5.92 Å². The first-order valence-electron chi connectivity index (χ1n) is 7.40. The van der Waals surface area contributed by atoms with E-state index >= 15 is 0 Å². The van der Waals surface area contributed by atoms with Crippen molar-refractivity contribution in [1.82, 2.24) is 5.32 Å². The second-order valence-corrected chi connectivity index (χ2v) is 5.31. The topological polar surface area (TPSA) is 58.2 Å². The van der Waals surface area contributed by atoms with Gasteiger partial charge in [0, 0.05) is 23.7 Å². The molecule has 20 heavy (non-hydrogen) atoms. The van der Waals surface area contributed by atoms with Crippen LogP contribution in [0, 0.1) is 5.92 Å². The summed E-state index contributed by atoms with van der Waals surface area (Å²) >= 11 is 0. The summed E-state index contributed by atoms with van der Waals surface area (Å²) in [4.78, 5) is 23.8. The third-order valence-electron chi connectivity index (χ3n) is 3.68. The van der Waals surface area contributed by atoms with Crippen molar-refractivity contribution in [3.05, 3.63) is 29.8 Å². The van der Waals surface area contributed by atoms with Crippen LogP contribution in [0.3, 0.4) is 0 Å². The Morgan fingerprint density at radius 2 is 2.10 bits per heavy atom. The summed E-state index contributed by atoms with van der Waals surface area (Å²) in [5.41, 5.74) is 1.29. The molecule has 1 fully saturated rings. The number of hydrogen-bond donors (Lipinski definition) is 2. The Balaban J connectivity index is 1.92.